The Balaban J connectivity index is 1.75. The van der Waals surface area contributed by atoms with E-state index in [-0.39, 0.29) is 0 Å². The van der Waals surface area contributed by atoms with E-state index >= 15 is 0 Å². The number of hydrogen-bond acceptors (Lipinski definition) is 2. The van der Waals surface area contributed by atoms with Gasteiger partial charge >= 0.3 is 0 Å². The minimum atomic E-state index is 0.507. The van der Waals surface area contributed by atoms with Gasteiger partial charge in [0, 0.05) is 6.04 Å². The first-order valence-electron chi connectivity index (χ1n) is 7.67. The molecule has 21 heavy (non-hydrogen) atoms. The van der Waals surface area contributed by atoms with Crippen LogP contribution in [0.3, 0.4) is 0 Å². The van der Waals surface area contributed by atoms with Crippen molar-refractivity contribution in [2.75, 3.05) is 7.05 Å². The summed E-state index contributed by atoms with van der Waals surface area (Å²) < 4.78 is 6.03. The topological polar surface area (TPSA) is 21.3 Å². The van der Waals surface area contributed by atoms with Crippen LogP contribution in [0, 0.1) is 13.8 Å². The van der Waals surface area contributed by atoms with E-state index in [4.69, 9.17) is 4.74 Å². The largest absolute Gasteiger partial charge is 0.489 e. The highest BCUT2D eigenvalue weighted by Gasteiger charge is 2.21. The molecule has 2 nitrogen and oxygen atoms in total. The van der Waals surface area contributed by atoms with E-state index < -0.39 is 0 Å². The molecule has 0 saturated carbocycles. The number of rotatable bonds is 4. The maximum Gasteiger partial charge on any atom is 0.120 e. The molecule has 0 aliphatic heterocycles. The predicted octanol–water partition coefficient (Wildman–Crippen LogP) is 4.09. The first-order valence-corrected chi connectivity index (χ1v) is 7.67. The molecule has 1 atom stereocenters. The normalized spacial score (nSPS) is 16.8. The SMILES string of the molecule is CNC1CCc2cc(OCc3c(C)cccc3C)ccc21. The summed E-state index contributed by atoms with van der Waals surface area (Å²) in [5.41, 5.74) is 6.74. The molecular weight excluding hydrogens is 258 g/mol. The van der Waals surface area contributed by atoms with Gasteiger partial charge in [-0.25, -0.2) is 0 Å². The van der Waals surface area contributed by atoms with E-state index in [0.717, 1.165) is 12.2 Å². The highest BCUT2D eigenvalue weighted by atomic mass is 16.5. The zero-order valence-corrected chi connectivity index (χ0v) is 13.1. The van der Waals surface area contributed by atoms with E-state index in [0.29, 0.717) is 12.6 Å². The molecule has 1 aliphatic carbocycles. The third-order valence-electron chi connectivity index (χ3n) is 4.57. The van der Waals surface area contributed by atoms with Crippen LogP contribution in [0.4, 0.5) is 0 Å². The highest BCUT2D eigenvalue weighted by Crippen LogP contribution is 2.33. The molecule has 0 bridgehead atoms. The van der Waals surface area contributed by atoms with Crippen molar-refractivity contribution in [3.8, 4) is 5.75 Å². The van der Waals surface area contributed by atoms with E-state index in [9.17, 15) is 0 Å². The number of ether oxygens (including phenoxy) is 1. The van der Waals surface area contributed by atoms with E-state index in [2.05, 4.69) is 55.6 Å². The lowest BCUT2D eigenvalue weighted by atomic mass is 10.0. The molecule has 0 fully saturated rings. The molecule has 0 heterocycles. The van der Waals surface area contributed by atoms with Gasteiger partial charge in [0.1, 0.15) is 12.4 Å². The Morgan fingerprint density at radius 3 is 2.62 bits per heavy atom. The zero-order chi connectivity index (χ0) is 14.8. The van der Waals surface area contributed by atoms with Crippen LogP contribution in [0.15, 0.2) is 36.4 Å². The van der Waals surface area contributed by atoms with Gasteiger partial charge in [0.15, 0.2) is 0 Å². The molecule has 3 rings (SSSR count). The molecule has 0 saturated heterocycles. The summed E-state index contributed by atoms with van der Waals surface area (Å²) in [4.78, 5) is 0. The Hall–Kier alpha value is -1.80. The van der Waals surface area contributed by atoms with Crippen LogP contribution in [-0.2, 0) is 13.0 Å². The van der Waals surface area contributed by atoms with Crippen LogP contribution in [0.5, 0.6) is 5.75 Å². The average Bonchev–Trinajstić information content (AvgIpc) is 2.89. The highest BCUT2D eigenvalue weighted by molar-refractivity contribution is 5.41. The van der Waals surface area contributed by atoms with Gasteiger partial charge in [-0.1, -0.05) is 24.3 Å². The Morgan fingerprint density at radius 1 is 1.14 bits per heavy atom. The summed E-state index contributed by atoms with van der Waals surface area (Å²) in [6, 6.07) is 13.4. The fourth-order valence-corrected chi connectivity index (χ4v) is 3.22. The number of fused-ring (bicyclic) bond motifs is 1. The molecule has 0 amide bonds. The lowest BCUT2D eigenvalue weighted by molar-refractivity contribution is 0.304. The van der Waals surface area contributed by atoms with Gasteiger partial charge < -0.3 is 10.1 Å². The lowest BCUT2D eigenvalue weighted by Gasteiger charge is -2.13. The molecule has 0 radical (unpaired) electrons. The molecule has 1 N–H and O–H groups in total. The Bertz CT molecular complexity index is 628. The first kappa shape index (κ1) is 14.2. The van der Waals surface area contributed by atoms with Crippen LogP contribution in [0.25, 0.3) is 0 Å². The maximum absolute atomic E-state index is 6.03. The second-order valence-corrected chi connectivity index (χ2v) is 5.90. The second kappa shape index (κ2) is 5.90. The van der Waals surface area contributed by atoms with E-state index in [1.165, 1.54) is 34.2 Å². The minimum Gasteiger partial charge on any atom is -0.489 e. The average molecular weight is 281 g/mol. The molecule has 0 aromatic heterocycles. The smallest absolute Gasteiger partial charge is 0.120 e. The monoisotopic (exact) mass is 281 g/mol. The quantitative estimate of drug-likeness (QED) is 0.911. The Kier molecular flexibility index (Phi) is 3.98. The van der Waals surface area contributed by atoms with Gasteiger partial charge in [-0.05, 0) is 73.7 Å². The minimum absolute atomic E-state index is 0.507. The van der Waals surface area contributed by atoms with Gasteiger partial charge in [-0.15, -0.1) is 0 Å². The first-order chi connectivity index (χ1) is 10.2. The number of aryl methyl sites for hydroxylation is 3. The van der Waals surface area contributed by atoms with Crippen LogP contribution >= 0.6 is 0 Å². The van der Waals surface area contributed by atoms with Crippen LogP contribution < -0.4 is 10.1 Å². The van der Waals surface area contributed by atoms with E-state index in [1.807, 2.05) is 7.05 Å². The number of nitrogens with one attached hydrogen (secondary N) is 1. The number of hydrogen-bond donors (Lipinski definition) is 1. The van der Waals surface area contributed by atoms with Crippen molar-refractivity contribution in [3.05, 3.63) is 64.2 Å². The van der Waals surface area contributed by atoms with Gasteiger partial charge in [0.2, 0.25) is 0 Å². The van der Waals surface area contributed by atoms with Crippen LogP contribution in [0.1, 0.15) is 40.3 Å². The molecule has 2 aromatic carbocycles. The summed E-state index contributed by atoms with van der Waals surface area (Å²) in [6.07, 6.45) is 2.33. The molecule has 1 aliphatic rings. The van der Waals surface area contributed by atoms with E-state index in [1.54, 1.807) is 0 Å². The maximum atomic E-state index is 6.03. The summed E-state index contributed by atoms with van der Waals surface area (Å²) in [5, 5.41) is 3.37. The Morgan fingerprint density at radius 2 is 1.90 bits per heavy atom. The van der Waals surface area contributed by atoms with Gasteiger partial charge in [0.05, 0.1) is 0 Å². The predicted molar refractivity (Wildman–Crippen MR) is 86.8 cm³/mol. The second-order valence-electron chi connectivity index (χ2n) is 5.90. The summed E-state index contributed by atoms with van der Waals surface area (Å²) in [6.45, 7) is 4.94. The van der Waals surface area contributed by atoms with Crippen LogP contribution in [-0.4, -0.2) is 7.05 Å². The molecule has 0 spiro atoms. The molecule has 2 heteroatoms. The summed E-state index contributed by atoms with van der Waals surface area (Å²) in [5.74, 6) is 0.980. The Labute approximate surface area is 127 Å². The third kappa shape index (κ3) is 2.81. The van der Waals surface area contributed by atoms with Crippen molar-refractivity contribution < 1.29 is 4.74 Å². The van der Waals surface area contributed by atoms with Gasteiger partial charge in [0.25, 0.3) is 0 Å². The molecular formula is C19H23NO. The fraction of sp³-hybridized carbons (Fsp3) is 0.368. The standard InChI is InChI=1S/C19H23NO/c1-13-5-4-6-14(2)18(13)12-21-16-8-9-17-15(11-16)7-10-19(17)20-3/h4-6,8-9,11,19-20H,7,10,12H2,1-3H3. The molecule has 110 valence electrons. The van der Waals surface area contributed by atoms with Crippen molar-refractivity contribution in [2.24, 2.45) is 0 Å². The molecule has 1 unspecified atom stereocenters. The third-order valence-corrected chi connectivity index (χ3v) is 4.57. The summed E-state index contributed by atoms with van der Waals surface area (Å²) >= 11 is 0. The number of benzene rings is 2. The van der Waals surface area contributed by atoms with Crippen molar-refractivity contribution >= 4 is 0 Å². The van der Waals surface area contributed by atoms with Crippen LogP contribution in [0.2, 0.25) is 0 Å². The fourth-order valence-electron chi connectivity index (χ4n) is 3.22. The van der Waals surface area contributed by atoms with Gasteiger partial charge in [-0.3, -0.25) is 0 Å². The van der Waals surface area contributed by atoms with Gasteiger partial charge in [-0.2, -0.15) is 0 Å². The zero-order valence-electron chi connectivity index (χ0n) is 13.1. The summed E-state index contributed by atoms with van der Waals surface area (Å²) in [7, 11) is 2.03. The van der Waals surface area contributed by atoms with Crippen molar-refractivity contribution in [2.45, 2.75) is 39.3 Å². The van der Waals surface area contributed by atoms with Crippen molar-refractivity contribution in [1.29, 1.82) is 0 Å². The lowest BCUT2D eigenvalue weighted by Crippen LogP contribution is -2.12. The van der Waals surface area contributed by atoms with Crippen molar-refractivity contribution in [1.82, 2.24) is 5.32 Å². The molecule has 2 aromatic rings. The van der Waals surface area contributed by atoms with Crippen molar-refractivity contribution in [3.63, 3.8) is 0 Å².